The van der Waals surface area contributed by atoms with Crippen LogP contribution < -0.4 is 14.8 Å². The Kier molecular flexibility index (Phi) is 4.72. The van der Waals surface area contributed by atoms with Gasteiger partial charge in [-0.2, -0.15) is 5.10 Å². The molecule has 0 saturated carbocycles. The largest absolute Gasteiger partial charge is 0.454 e. The summed E-state index contributed by atoms with van der Waals surface area (Å²) in [5, 5.41) is 8.10. The maximum atomic E-state index is 13.5. The lowest BCUT2D eigenvalue weighted by Gasteiger charge is -2.37. The number of benzene rings is 3. The molecular weight excluding hydrogens is 416 g/mol. The predicted octanol–water partition coefficient (Wildman–Crippen LogP) is 4.43. The van der Waals surface area contributed by atoms with Gasteiger partial charge in [0.15, 0.2) is 11.5 Å². The zero-order chi connectivity index (χ0) is 22.2. The molecule has 0 aliphatic carbocycles. The van der Waals surface area contributed by atoms with Gasteiger partial charge in [0.2, 0.25) is 6.79 Å². The molecule has 3 heterocycles. The number of amides is 1. The summed E-state index contributed by atoms with van der Waals surface area (Å²) >= 11 is 0. The van der Waals surface area contributed by atoms with E-state index in [-0.39, 0.29) is 18.9 Å². The van der Waals surface area contributed by atoms with Crippen molar-refractivity contribution in [2.24, 2.45) is 0 Å². The maximum absolute atomic E-state index is 13.5. The summed E-state index contributed by atoms with van der Waals surface area (Å²) in [6.45, 7) is 1.31. The second kappa shape index (κ2) is 8.02. The minimum Gasteiger partial charge on any atom is -0.454 e. The Balaban J connectivity index is 1.33. The zero-order valence-corrected chi connectivity index (χ0v) is 17.8. The van der Waals surface area contributed by atoms with Crippen LogP contribution in [-0.2, 0) is 13.1 Å². The van der Waals surface area contributed by atoms with Gasteiger partial charge >= 0.3 is 0 Å². The summed E-state index contributed by atoms with van der Waals surface area (Å²) in [5.74, 6) is 1.41. The minimum atomic E-state index is -0.345. The van der Waals surface area contributed by atoms with E-state index in [9.17, 15) is 4.79 Å². The molecule has 0 spiro atoms. The normalized spacial score (nSPS) is 16.4. The number of nitrogens with zero attached hydrogens (tertiary/aromatic N) is 3. The van der Waals surface area contributed by atoms with Gasteiger partial charge in [-0.3, -0.25) is 9.48 Å². The number of hydrogen-bond acceptors (Lipinski definition) is 5. The molecular formula is C26H22N4O3. The van der Waals surface area contributed by atoms with Gasteiger partial charge in [0, 0.05) is 24.0 Å². The second-order valence-corrected chi connectivity index (χ2v) is 8.17. The summed E-state index contributed by atoms with van der Waals surface area (Å²) in [5.41, 5.74) is 4.55. The van der Waals surface area contributed by atoms with E-state index < -0.39 is 0 Å². The minimum absolute atomic E-state index is 0.0252. The first-order valence-corrected chi connectivity index (χ1v) is 10.9. The Labute approximate surface area is 191 Å². The molecule has 1 aromatic heterocycles. The topological polar surface area (TPSA) is 68.6 Å². The van der Waals surface area contributed by atoms with Crippen LogP contribution >= 0.6 is 0 Å². The molecule has 6 rings (SSSR count). The smallest absolute Gasteiger partial charge is 0.258 e. The molecule has 0 fully saturated rings. The molecule has 0 radical (unpaired) electrons. The first-order valence-electron chi connectivity index (χ1n) is 10.9. The van der Waals surface area contributed by atoms with Crippen LogP contribution in [0.1, 0.15) is 33.2 Å². The highest BCUT2D eigenvalue weighted by atomic mass is 16.7. The molecule has 3 aromatic carbocycles. The number of hydrogen-bond donors (Lipinski definition) is 1. The number of ether oxygens (including phenoxy) is 2. The predicted molar refractivity (Wildman–Crippen MR) is 123 cm³/mol. The van der Waals surface area contributed by atoms with E-state index in [1.165, 1.54) is 5.56 Å². The fourth-order valence-corrected chi connectivity index (χ4v) is 4.33. The summed E-state index contributed by atoms with van der Waals surface area (Å²) in [4.78, 5) is 15.4. The van der Waals surface area contributed by atoms with Crippen molar-refractivity contribution in [1.29, 1.82) is 0 Å². The Morgan fingerprint density at radius 1 is 0.909 bits per heavy atom. The van der Waals surface area contributed by atoms with Crippen LogP contribution in [-0.4, -0.2) is 27.4 Å². The molecule has 2 aliphatic heterocycles. The van der Waals surface area contributed by atoms with E-state index in [1.807, 2.05) is 82.6 Å². The standard InChI is InChI=1S/C26H22N4O3/c31-26-21-8-4-5-9-22(21)28-25(20-13-27-29(16-20)14-18-6-2-1-3-7-18)30(26)15-19-10-11-23-24(12-19)33-17-32-23/h1-13,16,25,28H,14-15,17H2. The van der Waals surface area contributed by atoms with Crippen molar-refractivity contribution in [3.63, 3.8) is 0 Å². The molecule has 1 unspecified atom stereocenters. The van der Waals surface area contributed by atoms with E-state index in [2.05, 4.69) is 22.5 Å². The van der Waals surface area contributed by atoms with Crippen LogP contribution in [0, 0.1) is 0 Å². The average Bonchev–Trinajstić information content (AvgIpc) is 3.51. The lowest BCUT2D eigenvalue weighted by molar-refractivity contribution is 0.0666. The molecule has 164 valence electrons. The number of fused-ring (bicyclic) bond motifs is 2. The summed E-state index contributed by atoms with van der Waals surface area (Å²) in [7, 11) is 0. The van der Waals surface area contributed by atoms with E-state index in [0.717, 1.165) is 22.6 Å². The first-order chi connectivity index (χ1) is 16.2. The van der Waals surface area contributed by atoms with Crippen molar-refractivity contribution in [2.45, 2.75) is 19.3 Å². The summed E-state index contributed by atoms with van der Waals surface area (Å²) in [6.07, 6.45) is 3.48. The molecule has 4 aromatic rings. The van der Waals surface area contributed by atoms with Crippen LogP contribution in [0.4, 0.5) is 5.69 Å². The molecule has 7 nitrogen and oxygen atoms in total. The van der Waals surface area contributed by atoms with E-state index in [4.69, 9.17) is 9.47 Å². The van der Waals surface area contributed by atoms with Crippen molar-refractivity contribution >= 4 is 11.6 Å². The van der Waals surface area contributed by atoms with Crippen LogP contribution in [0.5, 0.6) is 11.5 Å². The Hall–Kier alpha value is -4.26. The van der Waals surface area contributed by atoms with Crippen molar-refractivity contribution in [3.05, 3.63) is 107 Å². The Bertz CT molecular complexity index is 1320. The number of carbonyl (C=O) groups excluding carboxylic acids is 1. The Morgan fingerprint density at radius 2 is 1.73 bits per heavy atom. The van der Waals surface area contributed by atoms with Crippen LogP contribution in [0.25, 0.3) is 0 Å². The lowest BCUT2D eigenvalue weighted by atomic mass is 10.0. The van der Waals surface area contributed by atoms with Crippen molar-refractivity contribution in [3.8, 4) is 11.5 Å². The van der Waals surface area contributed by atoms with Crippen LogP contribution in [0.3, 0.4) is 0 Å². The number of para-hydroxylation sites is 1. The van der Waals surface area contributed by atoms with Gasteiger partial charge in [0.1, 0.15) is 6.17 Å². The van der Waals surface area contributed by atoms with Crippen LogP contribution in [0.15, 0.2) is 85.2 Å². The fourth-order valence-electron chi connectivity index (χ4n) is 4.33. The zero-order valence-electron chi connectivity index (χ0n) is 17.8. The molecule has 33 heavy (non-hydrogen) atoms. The molecule has 1 N–H and O–H groups in total. The van der Waals surface area contributed by atoms with Crippen molar-refractivity contribution < 1.29 is 14.3 Å². The Morgan fingerprint density at radius 3 is 2.64 bits per heavy atom. The van der Waals surface area contributed by atoms with Gasteiger partial charge in [-0.05, 0) is 35.4 Å². The fraction of sp³-hybridized carbons (Fsp3) is 0.154. The summed E-state index contributed by atoms with van der Waals surface area (Å²) in [6, 6.07) is 23.6. The van der Waals surface area contributed by atoms with Crippen molar-refractivity contribution in [2.75, 3.05) is 12.1 Å². The third-order valence-electron chi connectivity index (χ3n) is 5.97. The number of aromatic nitrogens is 2. The van der Waals surface area contributed by atoms with E-state index >= 15 is 0 Å². The van der Waals surface area contributed by atoms with Gasteiger partial charge < -0.3 is 19.7 Å². The second-order valence-electron chi connectivity index (χ2n) is 8.17. The maximum Gasteiger partial charge on any atom is 0.258 e. The first kappa shape index (κ1) is 19.4. The molecule has 1 amide bonds. The molecule has 0 bridgehead atoms. The van der Waals surface area contributed by atoms with Gasteiger partial charge in [-0.25, -0.2) is 0 Å². The van der Waals surface area contributed by atoms with Gasteiger partial charge in [-0.15, -0.1) is 0 Å². The third kappa shape index (κ3) is 3.67. The third-order valence-corrected chi connectivity index (χ3v) is 5.97. The number of rotatable bonds is 5. The highest BCUT2D eigenvalue weighted by Gasteiger charge is 2.34. The number of nitrogens with one attached hydrogen (secondary N) is 1. The lowest BCUT2D eigenvalue weighted by Crippen LogP contribution is -2.42. The van der Waals surface area contributed by atoms with Crippen LogP contribution in [0.2, 0.25) is 0 Å². The molecule has 1 atom stereocenters. The summed E-state index contributed by atoms with van der Waals surface area (Å²) < 4.78 is 12.9. The molecule has 0 saturated heterocycles. The monoisotopic (exact) mass is 438 g/mol. The number of anilines is 1. The van der Waals surface area contributed by atoms with Gasteiger partial charge in [0.25, 0.3) is 5.91 Å². The average molecular weight is 438 g/mol. The van der Waals surface area contributed by atoms with E-state index in [0.29, 0.717) is 24.4 Å². The SMILES string of the molecule is O=C1c2ccccc2NC(c2cnn(Cc3ccccc3)c2)N1Cc1ccc2c(c1)OCO2. The quantitative estimate of drug-likeness (QED) is 0.499. The highest BCUT2D eigenvalue weighted by Crippen LogP contribution is 2.36. The molecule has 2 aliphatic rings. The highest BCUT2D eigenvalue weighted by molar-refractivity contribution is 6.01. The van der Waals surface area contributed by atoms with Gasteiger partial charge in [0.05, 0.1) is 18.3 Å². The van der Waals surface area contributed by atoms with E-state index in [1.54, 1.807) is 0 Å². The van der Waals surface area contributed by atoms with Gasteiger partial charge in [-0.1, -0.05) is 48.5 Å². The van der Waals surface area contributed by atoms with Crippen molar-refractivity contribution in [1.82, 2.24) is 14.7 Å². The number of carbonyl (C=O) groups is 1. The molecule has 7 heteroatoms.